The van der Waals surface area contributed by atoms with Crippen LogP contribution in [0.4, 0.5) is 0 Å². The number of thioether (sulfide) groups is 1. The minimum atomic E-state index is -0.272. The number of carbonyl (C=O) groups is 1. The van der Waals surface area contributed by atoms with Crippen molar-refractivity contribution < 1.29 is 14.3 Å². The van der Waals surface area contributed by atoms with Gasteiger partial charge >= 0.3 is 5.97 Å². The molecule has 2 heterocycles. The third kappa shape index (κ3) is 5.95. The van der Waals surface area contributed by atoms with Gasteiger partial charge in [-0.15, -0.1) is 11.8 Å². The SMILES string of the molecule is CC(C)OC(=O)C(Sc1ccccc1)C(N1CCCCC1)N1CCOCC1. The van der Waals surface area contributed by atoms with Gasteiger partial charge in [-0.05, 0) is 51.9 Å². The molecule has 3 rings (SSSR count). The predicted molar refractivity (Wildman–Crippen MR) is 109 cm³/mol. The number of piperidine rings is 1. The molecule has 1 aromatic carbocycles. The summed E-state index contributed by atoms with van der Waals surface area (Å²) in [5.41, 5.74) is 0. The van der Waals surface area contributed by atoms with Gasteiger partial charge in [0.15, 0.2) is 0 Å². The third-order valence-corrected chi connectivity index (χ3v) is 6.28. The molecular weight excluding hydrogens is 360 g/mol. The lowest BCUT2D eigenvalue weighted by molar-refractivity contribution is -0.151. The van der Waals surface area contributed by atoms with E-state index in [9.17, 15) is 4.79 Å². The van der Waals surface area contributed by atoms with Gasteiger partial charge in [0, 0.05) is 18.0 Å². The maximum atomic E-state index is 13.2. The van der Waals surface area contributed by atoms with Crippen LogP contribution in [0.25, 0.3) is 0 Å². The summed E-state index contributed by atoms with van der Waals surface area (Å²) in [4.78, 5) is 19.2. The summed E-state index contributed by atoms with van der Waals surface area (Å²) in [7, 11) is 0. The normalized spacial score (nSPS) is 21.7. The zero-order valence-corrected chi connectivity index (χ0v) is 17.3. The summed E-state index contributed by atoms with van der Waals surface area (Å²) in [6.07, 6.45) is 3.61. The van der Waals surface area contributed by atoms with Crippen LogP contribution >= 0.6 is 11.8 Å². The van der Waals surface area contributed by atoms with E-state index >= 15 is 0 Å². The van der Waals surface area contributed by atoms with Crippen molar-refractivity contribution in [2.45, 2.75) is 55.5 Å². The Morgan fingerprint density at radius 3 is 2.26 bits per heavy atom. The Balaban J connectivity index is 1.87. The Kier molecular flexibility index (Phi) is 8.00. The molecule has 27 heavy (non-hydrogen) atoms. The van der Waals surface area contributed by atoms with Crippen LogP contribution in [-0.4, -0.2) is 72.7 Å². The topological polar surface area (TPSA) is 42.0 Å². The van der Waals surface area contributed by atoms with E-state index in [0.717, 1.165) is 44.3 Å². The zero-order valence-electron chi connectivity index (χ0n) is 16.5. The Labute approximate surface area is 167 Å². The van der Waals surface area contributed by atoms with E-state index in [1.807, 2.05) is 32.0 Å². The first-order chi connectivity index (χ1) is 13.1. The number of ether oxygens (including phenoxy) is 2. The van der Waals surface area contributed by atoms with Crippen molar-refractivity contribution in [2.24, 2.45) is 0 Å². The quantitative estimate of drug-likeness (QED) is 0.524. The summed E-state index contributed by atoms with van der Waals surface area (Å²) < 4.78 is 11.3. The number of hydrogen-bond donors (Lipinski definition) is 0. The monoisotopic (exact) mass is 392 g/mol. The second kappa shape index (κ2) is 10.5. The van der Waals surface area contributed by atoms with E-state index in [2.05, 4.69) is 21.9 Å². The number of carbonyl (C=O) groups excluding carboxylic acids is 1. The lowest BCUT2D eigenvalue weighted by Gasteiger charge is -2.45. The van der Waals surface area contributed by atoms with Crippen LogP contribution in [0.2, 0.25) is 0 Å². The summed E-state index contributed by atoms with van der Waals surface area (Å²) in [5, 5.41) is -0.272. The maximum absolute atomic E-state index is 13.2. The lowest BCUT2D eigenvalue weighted by Crippen LogP contribution is -2.60. The second-order valence-corrected chi connectivity index (χ2v) is 8.71. The number of rotatable bonds is 7. The molecular formula is C21H32N2O3S. The van der Waals surface area contributed by atoms with Crippen molar-refractivity contribution in [3.63, 3.8) is 0 Å². The standard InChI is InChI=1S/C21H32N2O3S/c1-17(2)26-21(24)19(27-18-9-5-3-6-10-18)20(22-11-7-4-8-12-22)23-13-15-25-16-14-23/h3,5-6,9-10,17,19-20H,4,7-8,11-16H2,1-2H3. The van der Waals surface area contributed by atoms with Crippen LogP contribution in [0.1, 0.15) is 33.1 Å². The summed E-state index contributed by atoms with van der Waals surface area (Å²) >= 11 is 1.64. The minimum absolute atomic E-state index is 0.0469. The molecule has 2 saturated heterocycles. The van der Waals surface area contributed by atoms with E-state index in [-0.39, 0.29) is 23.5 Å². The van der Waals surface area contributed by atoms with Crippen LogP contribution in [0.5, 0.6) is 0 Å². The summed E-state index contributed by atoms with van der Waals surface area (Å²) in [6.45, 7) is 9.12. The van der Waals surface area contributed by atoms with Crippen molar-refractivity contribution in [1.82, 2.24) is 9.80 Å². The highest BCUT2D eigenvalue weighted by molar-refractivity contribution is 8.00. The van der Waals surface area contributed by atoms with Gasteiger partial charge in [0.2, 0.25) is 0 Å². The molecule has 5 nitrogen and oxygen atoms in total. The van der Waals surface area contributed by atoms with Crippen molar-refractivity contribution >= 4 is 17.7 Å². The number of hydrogen-bond acceptors (Lipinski definition) is 6. The maximum Gasteiger partial charge on any atom is 0.322 e. The van der Waals surface area contributed by atoms with Gasteiger partial charge in [0.05, 0.1) is 25.5 Å². The zero-order chi connectivity index (χ0) is 19.1. The summed E-state index contributed by atoms with van der Waals surface area (Å²) in [5.74, 6) is -0.110. The molecule has 0 aromatic heterocycles. The van der Waals surface area contributed by atoms with Gasteiger partial charge in [0.25, 0.3) is 0 Å². The molecule has 0 saturated carbocycles. The molecule has 6 heteroatoms. The van der Waals surface area contributed by atoms with Crippen LogP contribution in [0.3, 0.4) is 0 Å². The molecule has 150 valence electrons. The Morgan fingerprint density at radius 1 is 1.00 bits per heavy atom. The number of morpholine rings is 1. The molecule has 0 amide bonds. The van der Waals surface area contributed by atoms with Gasteiger partial charge in [0.1, 0.15) is 5.25 Å². The number of nitrogens with zero attached hydrogens (tertiary/aromatic N) is 2. The molecule has 2 unspecified atom stereocenters. The number of likely N-dealkylation sites (tertiary alicyclic amines) is 1. The highest BCUT2D eigenvalue weighted by atomic mass is 32.2. The van der Waals surface area contributed by atoms with Crippen LogP contribution in [-0.2, 0) is 14.3 Å². The average molecular weight is 393 g/mol. The first-order valence-electron chi connectivity index (χ1n) is 10.1. The molecule has 0 N–H and O–H groups in total. The number of esters is 1. The predicted octanol–water partition coefficient (Wildman–Crippen LogP) is 3.24. The fourth-order valence-electron chi connectivity index (χ4n) is 3.81. The molecule has 2 atom stereocenters. The van der Waals surface area contributed by atoms with Crippen molar-refractivity contribution in [3.8, 4) is 0 Å². The Morgan fingerprint density at radius 2 is 1.63 bits per heavy atom. The number of benzene rings is 1. The highest BCUT2D eigenvalue weighted by Gasteiger charge is 2.40. The van der Waals surface area contributed by atoms with Gasteiger partial charge in [-0.2, -0.15) is 0 Å². The molecule has 0 aliphatic carbocycles. The summed E-state index contributed by atoms with van der Waals surface area (Å²) in [6, 6.07) is 10.2. The minimum Gasteiger partial charge on any atom is -0.462 e. The highest BCUT2D eigenvalue weighted by Crippen LogP contribution is 2.32. The molecule has 1 aromatic rings. The molecule has 0 bridgehead atoms. The third-order valence-electron chi connectivity index (χ3n) is 5.05. The fourth-order valence-corrected chi connectivity index (χ4v) is 5.04. The first kappa shape index (κ1) is 20.6. The van der Waals surface area contributed by atoms with Crippen molar-refractivity contribution in [2.75, 3.05) is 39.4 Å². The van der Waals surface area contributed by atoms with Gasteiger partial charge < -0.3 is 9.47 Å². The van der Waals surface area contributed by atoms with Gasteiger partial charge in [-0.25, -0.2) is 0 Å². The van der Waals surface area contributed by atoms with Gasteiger partial charge in [-0.1, -0.05) is 24.6 Å². The molecule has 2 fully saturated rings. The lowest BCUT2D eigenvalue weighted by atomic mass is 10.1. The Hall–Kier alpha value is -1.08. The van der Waals surface area contributed by atoms with Crippen molar-refractivity contribution in [3.05, 3.63) is 30.3 Å². The first-order valence-corrected chi connectivity index (χ1v) is 11.0. The van der Waals surface area contributed by atoms with E-state index in [1.54, 1.807) is 11.8 Å². The largest absolute Gasteiger partial charge is 0.462 e. The molecule has 2 aliphatic rings. The molecule has 0 radical (unpaired) electrons. The fraction of sp³-hybridized carbons (Fsp3) is 0.667. The van der Waals surface area contributed by atoms with Crippen LogP contribution in [0.15, 0.2) is 35.2 Å². The second-order valence-electron chi connectivity index (χ2n) is 7.50. The Bertz CT molecular complexity index is 554. The van der Waals surface area contributed by atoms with Crippen LogP contribution < -0.4 is 0 Å². The van der Waals surface area contributed by atoms with Gasteiger partial charge in [-0.3, -0.25) is 14.6 Å². The van der Waals surface area contributed by atoms with Crippen molar-refractivity contribution in [1.29, 1.82) is 0 Å². The molecule has 2 aliphatic heterocycles. The van der Waals surface area contributed by atoms with E-state index in [1.165, 1.54) is 19.3 Å². The van der Waals surface area contributed by atoms with E-state index < -0.39 is 0 Å². The smallest absolute Gasteiger partial charge is 0.322 e. The van der Waals surface area contributed by atoms with E-state index in [0.29, 0.717) is 0 Å². The average Bonchev–Trinajstić information content (AvgIpc) is 2.69. The molecule has 0 spiro atoms. The van der Waals surface area contributed by atoms with E-state index in [4.69, 9.17) is 9.47 Å². The van der Waals surface area contributed by atoms with Crippen LogP contribution in [0, 0.1) is 0 Å².